The fraction of sp³-hybridized carbons (Fsp3) is 0.118. The largest absolute Gasteiger partial charge is 0.497 e. The number of aromatic nitrogens is 3. The summed E-state index contributed by atoms with van der Waals surface area (Å²) in [5.41, 5.74) is 1.17. The molecular weight excluding hydrogens is 357 g/mol. The molecule has 2 aromatic carbocycles. The minimum absolute atomic E-state index is 0.102. The van der Waals surface area contributed by atoms with Crippen LogP contribution in [-0.4, -0.2) is 33.6 Å². The van der Waals surface area contributed by atoms with Crippen LogP contribution in [0.3, 0.4) is 0 Å². The van der Waals surface area contributed by atoms with Gasteiger partial charge in [-0.1, -0.05) is 23.9 Å². The monoisotopic (exact) mass is 373 g/mol. The van der Waals surface area contributed by atoms with Crippen LogP contribution in [0, 0.1) is 5.82 Å². The highest BCUT2D eigenvalue weighted by Gasteiger charge is 2.14. The lowest BCUT2D eigenvalue weighted by Gasteiger charge is -2.06. The van der Waals surface area contributed by atoms with E-state index in [9.17, 15) is 9.18 Å². The van der Waals surface area contributed by atoms with Crippen molar-refractivity contribution in [2.45, 2.75) is 5.16 Å². The number of nitrogens with two attached hydrogens (primary N) is 1. The maximum atomic E-state index is 13.3. The number of anilines is 1. The van der Waals surface area contributed by atoms with Gasteiger partial charge in [0, 0.05) is 11.3 Å². The minimum Gasteiger partial charge on any atom is -0.497 e. The molecular formula is C17H16FN5O2S. The fourth-order valence-corrected chi connectivity index (χ4v) is 2.86. The molecule has 0 saturated carbocycles. The van der Waals surface area contributed by atoms with Crippen LogP contribution >= 0.6 is 11.8 Å². The van der Waals surface area contributed by atoms with Gasteiger partial charge in [0.05, 0.1) is 12.9 Å². The first kappa shape index (κ1) is 17.7. The second-order valence-electron chi connectivity index (χ2n) is 5.25. The number of carbonyl (C=O) groups is 1. The van der Waals surface area contributed by atoms with Gasteiger partial charge in [-0.25, -0.2) is 9.07 Å². The highest BCUT2D eigenvalue weighted by atomic mass is 32.2. The van der Waals surface area contributed by atoms with Crippen molar-refractivity contribution in [1.82, 2.24) is 14.9 Å². The topological polar surface area (TPSA) is 95.1 Å². The van der Waals surface area contributed by atoms with Gasteiger partial charge in [-0.05, 0) is 36.4 Å². The molecule has 26 heavy (non-hydrogen) atoms. The summed E-state index contributed by atoms with van der Waals surface area (Å²) >= 11 is 1.14. The molecule has 3 rings (SSSR count). The first-order valence-electron chi connectivity index (χ1n) is 7.60. The van der Waals surface area contributed by atoms with E-state index in [-0.39, 0.29) is 11.7 Å². The van der Waals surface area contributed by atoms with Gasteiger partial charge in [-0.3, -0.25) is 4.79 Å². The number of hydrogen-bond acceptors (Lipinski definition) is 6. The number of halogens is 1. The smallest absolute Gasteiger partial charge is 0.234 e. The maximum absolute atomic E-state index is 13.3. The number of amides is 1. The summed E-state index contributed by atoms with van der Waals surface area (Å²) in [6.07, 6.45) is 0. The Kier molecular flexibility index (Phi) is 5.37. The molecule has 0 atom stereocenters. The number of ether oxygens (including phenoxy) is 1. The second-order valence-corrected chi connectivity index (χ2v) is 6.19. The normalized spacial score (nSPS) is 10.5. The van der Waals surface area contributed by atoms with E-state index < -0.39 is 5.82 Å². The zero-order chi connectivity index (χ0) is 18.5. The first-order valence-corrected chi connectivity index (χ1v) is 8.58. The third-order valence-electron chi connectivity index (χ3n) is 3.45. The molecule has 1 amide bonds. The van der Waals surface area contributed by atoms with Gasteiger partial charge in [-0.15, -0.1) is 10.2 Å². The van der Waals surface area contributed by atoms with E-state index in [4.69, 9.17) is 10.6 Å². The van der Waals surface area contributed by atoms with Crippen LogP contribution in [0.15, 0.2) is 53.7 Å². The average molecular weight is 373 g/mol. The summed E-state index contributed by atoms with van der Waals surface area (Å²) in [4.78, 5) is 12.1. The summed E-state index contributed by atoms with van der Waals surface area (Å²) in [7, 11) is 1.57. The average Bonchev–Trinajstić information content (AvgIpc) is 3.01. The number of hydrogen-bond donors (Lipinski definition) is 2. The summed E-state index contributed by atoms with van der Waals surface area (Å²) in [5.74, 6) is 6.49. The van der Waals surface area contributed by atoms with E-state index >= 15 is 0 Å². The third kappa shape index (κ3) is 4.12. The molecule has 134 valence electrons. The molecule has 0 aliphatic carbocycles. The van der Waals surface area contributed by atoms with Crippen LogP contribution < -0.4 is 15.9 Å². The molecule has 3 aromatic rings. The molecule has 0 radical (unpaired) electrons. The van der Waals surface area contributed by atoms with Crippen LogP contribution in [0.4, 0.5) is 10.1 Å². The highest BCUT2D eigenvalue weighted by Crippen LogP contribution is 2.22. The van der Waals surface area contributed by atoms with E-state index in [0.717, 1.165) is 11.8 Å². The van der Waals surface area contributed by atoms with Gasteiger partial charge in [0.15, 0.2) is 5.82 Å². The zero-order valence-electron chi connectivity index (χ0n) is 13.8. The molecule has 0 fully saturated rings. The number of thioether (sulfide) groups is 1. The van der Waals surface area contributed by atoms with Gasteiger partial charge >= 0.3 is 0 Å². The standard InChI is InChI=1S/C17H16FN5O2S/c1-25-14-7-5-13(6-8-14)20-15(24)10-26-17-22-21-16(23(17)19)11-3-2-4-12(18)9-11/h2-9H,10,19H2,1H3,(H,20,24). The van der Waals surface area contributed by atoms with E-state index in [2.05, 4.69) is 15.5 Å². The Hall–Kier alpha value is -3.07. The predicted molar refractivity (Wildman–Crippen MR) is 97.9 cm³/mol. The van der Waals surface area contributed by atoms with Crippen LogP contribution in [0.1, 0.15) is 0 Å². The number of rotatable bonds is 6. The highest BCUT2D eigenvalue weighted by molar-refractivity contribution is 7.99. The van der Waals surface area contributed by atoms with Crippen molar-refractivity contribution in [1.29, 1.82) is 0 Å². The van der Waals surface area contributed by atoms with E-state index in [1.165, 1.54) is 16.8 Å². The van der Waals surface area contributed by atoms with Gasteiger partial charge in [0.25, 0.3) is 0 Å². The lowest BCUT2D eigenvalue weighted by Crippen LogP contribution is -2.16. The van der Waals surface area contributed by atoms with E-state index in [1.807, 2.05) is 0 Å². The summed E-state index contributed by atoms with van der Waals surface area (Å²) in [5, 5.41) is 11.0. The Bertz CT molecular complexity index is 914. The lowest BCUT2D eigenvalue weighted by molar-refractivity contribution is -0.113. The van der Waals surface area contributed by atoms with Crippen molar-refractivity contribution in [3.05, 3.63) is 54.3 Å². The van der Waals surface area contributed by atoms with Gasteiger partial charge in [0.2, 0.25) is 11.1 Å². The third-order valence-corrected chi connectivity index (χ3v) is 4.40. The van der Waals surface area contributed by atoms with Crippen LogP contribution in [0.5, 0.6) is 5.75 Å². The molecule has 1 heterocycles. The summed E-state index contributed by atoms with van der Waals surface area (Å²) in [6.45, 7) is 0. The maximum Gasteiger partial charge on any atom is 0.234 e. The molecule has 0 unspecified atom stereocenters. The van der Waals surface area contributed by atoms with Crippen LogP contribution in [0.25, 0.3) is 11.4 Å². The molecule has 0 spiro atoms. The van der Waals surface area contributed by atoms with Gasteiger partial charge < -0.3 is 15.9 Å². The Morgan fingerprint density at radius 1 is 1.27 bits per heavy atom. The van der Waals surface area contributed by atoms with Crippen molar-refractivity contribution in [3.8, 4) is 17.1 Å². The number of carbonyl (C=O) groups excluding carboxylic acids is 1. The molecule has 7 nitrogen and oxygen atoms in total. The number of nitrogens with one attached hydrogen (secondary N) is 1. The van der Waals surface area contributed by atoms with Crippen molar-refractivity contribution in [3.63, 3.8) is 0 Å². The van der Waals surface area contributed by atoms with Crippen molar-refractivity contribution in [2.75, 3.05) is 24.0 Å². The van der Waals surface area contributed by atoms with E-state index in [0.29, 0.717) is 28.0 Å². The van der Waals surface area contributed by atoms with E-state index in [1.54, 1.807) is 43.5 Å². The Balaban J connectivity index is 1.61. The predicted octanol–water partition coefficient (Wildman–Crippen LogP) is 2.54. The number of methoxy groups -OCH3 is 1. The second kappa shape index (κ2) is 7.87. The molecule has 1 aromatic heterocycles. The lowest BCUT2D eigenvalue weighted by atomic mass is 10.2. The van der Waals surface area contributed by atoms with Crippen molar-refractivity contribution < 1.29 is 13.9 Å². The van der Waals surface area contributed by atoms with Crippen LogP contribution in [0.2, 0.25) is 0 Å². The summed E-state index contributed by atoms with van der Waals surface area (Å²) < 4.78 is 19.6. The molecule has 0 aliphatic heterocycles. The minimum atomic E-state index is -0.390. The number of nitrogen functional groups attached to an aromatic ring is 1. The SMILES string of the molecule is COc1ccc(NC(=O)CSc2nnc(-c3cccc(F)c3)n2N)cc1. The fourth-order valence-electron chi connectivity index (χ4n) is 2.20. The zero-order valence-corrected chi connectivity index (χ0v) is 14.7. The van der Waals surface area contributed by atoms with Crippen molar-refractivity contribution in [2.24, 2.45) is 0 Å². The summed E-state index contributed by atoms with van der Waals surface area (Å²) in [6, 6.07) is 12.9. The number of nitrogens with zero attached hydrogens (tertiary/aromatic N) is 3. The molecule has 0 bridgehead atoms. The Labute approximate surface area is 153 Å². The quantitative estimate of drug-likeness (QED) is 0.509. The Morgan fingerprint density at radius 2 is 2.04 bits per heavy atom. The van der Waals surface area contributed by atoms with Crippen molar-refractivity contribution >= 4 is 23.4 Å². The Morgan fingerprint density at radius 3 is 2.73 bits per heavy atom. The van der Waals surface area contributed by atoms with Gasteiger partial charge in [-0.2, -0.15) is 0 Å². The molecule has 9 heteroatoms. The molecule has 0 saturated heterocycles. The number of benzene rings is 2. The van der Waals surface area contributed by atoms with Gasteiger partial charge in [0.1, 0.15) is 11.6 Å². The van der Waals surface area contributed by atoms with Crippen LogP contribution in [-0.2, 0) is 4.79 Å². The first-order chi connectivity index (χ1) is 12.6. The molecule has 3 N–H and O–H groups in total. The molecule has 0 aliphatic rings.